The van der Waals surface area contributed by atoms with Gasteiger partial charge in [0.1, 0.15) is 24.2 Å². The van der Waals surface area contributed by atoms with Crippen LogP contribution in [0.2, 0.25) is 0 Å². The fraction of sp³-hybridized carbons (Fsp3) is 0.639. The first-order chi connectivity index (χ1) is 23.7. The van der Waals surface area contributed by atoms with Gasteiger partial charge < -0.3 is 60.1 Å². The average molecular weight is 709 g/mol. The number of carbonyl (C=O) groups excluding carboxylic acids is 1. The van der Waals surface area contributed by atoms with Crippen molar-refractivity contribution in [3.63, 3.8) is 0 Å². The minimum atomic E-state index is -2.10. The zero-order chi connectivity index (χ0) is 37.0. The van der Waals surface area contributed by atoms with E-state index in [-0.39, 0.29) is 25.4 Å². The molecule has 2 bridgehead atoms. The monoisotopic (exact) mass is 708 g/mol. The van der Waals surface area contributed by atoms with Gasteiger partial charge in [0.05, 0.1) is 48.8 Å². The highest BCUT2D eigenvalue weighted by Gasteiger charge is 2.51. The number of carboxylic acid groups (broad SMARTS) is 1. The van der Waals surface area contributed by atoms with Crippen LogP contribution in [0.15, 0.2) is 60.8 Å². The second-order valence-electron chi connectivity index (χ2n) is 13.2. The van der Waals surface area contributed by atoms with Crippen molar-refractivity contribution in [1.82, 2.24) is 0 Å². The molecule has 1 radical (unpaired) electrons. The van der Waals surface area contributed by atoms with Gasteiger partial charge in [0.2, 0.25) is 0 Å². The number of aliphatic carboxylic acids is 1. The Bertz CT molecular complexity index is 1240. The molecule has 281 valence electrons. The van der Waals surface area contributed by atoms with Crippen LogP contribution >= 0.6 is 0 Å². The van der Waals surface area contributed by atoms with E-state index in [1.165, 1.54) is 12.2 Å². The molecule has 3 fully saturated rings. The van der Waals surface area contributed by atoms with E-state index >= 15 is 0 Å². The van der Waals surface area contributed by atoms with Crippen molar-refractivity contribution in [3.05, 3.63) is 67.2 Å². The molecule has 0 aliphatic carbocycles. The molecule has 4 aliphatic heterocycles. The molecule has 4 rings (SSSR count). The zero-order valence-electron chi connectivity index (χ0n) is 29.0. The van der Waals surface area contributed by atoms with Crippen molar-refractivity contribution in [2.45, 2.75) is 139 Å². The van der Waals surface area contributed by atoms with Crippen LogP contribution in [0.5, 0.6) is 0 Å². The first-order valence-corrected chi connectivity index (χ1v) is 17.0. The Balaban J connectivity index is 0.00000217. The summed E-state index contributed by atoms with van der Waals surface area (Å²) in [6.45, 7) is 7.34. The number of aliphatic hydroxyl groups is 5. The van der Waals surface area contributed by atoms with Crippen LogP contribution in [0.3, 0.4) is 0 Å². The topological polar surface area (TPSA) is 231 Å². The Hall–Kier alpha value is -2.76. The number of epoxide rings is 1. The summed E-state index contributed by atoms with van der Waals surface area (Å²) in [4.78, 5) is 24.4. The van der Waals surface area contributed by atoms with Crippen molar-refractivity contribution in [1.29, 1.82) is 0 Å². The van der Waals surface area contributed by atoms with E-state index in [1.807, 2.05) is 26.3 Å². The smallest absolute Gasteiger partial charge is 0.330 e. The van der Waals surface area contributed by atoms with Gasteiger partial charge in [-0.2, -0.15) is 0 Å². The van der Waals surface area contributed by atoms with Crippen LogP contribution in [0.1, 0.15) is 59.8 Å². The number of ether oxygens (including phenoxy) is 5. The van der Waals surface area contributed by atoms with Crippen molar-refractivity contribution < 1.29 is 63.9 Å². The Kier molecular flexibility index (Phi) is 16.4. The van der Waals surface area contributed by atoms with Crippen molar-refractivity contribution in [2.24, 2.45) is 11.7 Å². The van der Waals surface area contributed by atoms with Crippen LogP contribution in [-0.4, -0.2) is 122 Å². The number of nitrogens with two attached hydrogens (primary N) is 1. The maximum atomic E-state index is 12.3. The lowest BCUT2D eigenvalue weighted by Gasteiger charge is -2.45. The number of hydrogen-bond acceptors (Lipinski definition) is 13. The van der Waals surface area contributed by atoms with Crippen molar-refractivity contribution >= 4 is 11.9 Å². The van der Waals surface area contributed by atoms with Gasteiger partial charge in [0.25, 0.3) is 0 Å². The number of carboxylic acids is 1. The van der Waals surface area contributed by atoms with Crippen molar-refractivity contribution in [3.8, 4) is 0 Å². The Labute approximate surface area is 293 Å². The highest BCUT2D eigenvalue weighted by Crippen LogP contribution is 2.39. The maximum Gasteiger partial charge on any atom is 0.330 e. The molecule has 0 saturated carbocycles. The van der Waals surface area contributed by atoms with Crippen LogP contribution in [0.4, 0.5) is 0 Å². The molecule has 0 aromatic carbocycles. The van der Waals surface area contributed by atoms with Crippen LogP contribution in [0.25, 0.3) is 0 Å². The molecule has 0 unspecified atom stereocenters. The van der Waals surface area contributed by atoms with Crippen LogP contribution in [0, 0.1) is 12.3 Å². The first kappa shape index (κ1) is 41.7. The largest absolute Gasteiger partial charge is 0.481 e. The molecule has 50 heavy (non-hydrogen) atoms. The summed E-state index contributed by atoms with van der Waals surface area (Å²) >= 11 is 0. The summed E-state index contributed by atoms with van der Waals surface area (Å²) in [7, 11) is 0. The zero-order valence-corrected chi connectivity index (χ0v) is 29.0. The van der Waals surface area contributed by atoms with Crippen LogP contribution in [-0.2, 0) is 33.3 Å². The molecule has 14 heteroatoms. The number of hydrogen-bond donors (Lipinski definition) is 7. The van der Waals surface area contributed by atoms with Crippen molar-refractivity contribution in [2.75, 3.05) is 0 Å². The highest BCUT2D eigenvalue weighted by molar-refractivity contribution is 5.82. The Morgan fingerprint density at radius 3 is 2.28 bits per heavy atom. The number of allylic oxidation sites excluding steroid dienone is 6. The third kappa shape index (κ3) is 12.8. The van der Waals surface area contributed by atoms with E-state index < -0.39 is 97.3 Å². The lowest BCUT2D eigenvalue weighted by Crippen LogP contribution is -2.61. The van der Waals surface area contributed by atoms with Crippen LogP contribution < -0.4 is 5.73 Å². The Morgan fingerprint density at radius 1 is 0.940 bits per heavy atom. The third-order valence-corrected chi connectivity index (χ3v) is 8.58. The van der Waals surface area contributed by atoms with Gasteiger partial charge in [0.15, 0.2) is 12.1 Å². The highest BCUT2D eigenvalue weighted by atomic mass is 16.7. The summed E-state index contributed by atoms with van der Waals surface area (Å²) in [6, 6.07) is -1.08. The molecule has 0 spiro atoms. The number of carbonyl (C=O) groups is 2. The SMILES string of the molecule is C[C@@H]1C/C=C/C=C/C=C/C=C/[C@H](O[C@@H]2O[C@H](C)[C@@H](O)[C@H](N)[C@@H]2O)C[C@@H]2O[C@](O)(C[C@@H](O)C[C@H]3O[C@@H]3/C=C/C(=O)O1)C[C@H](O)[C@H]2C(=O)O.C[CH]C. The van der Waals surface area contributed by atoms with E-state index in [4.69, 9.17) is 29.4 Å². The standard InChI is InChI=1S/C33H47NO13.C3H7/c1-18-10-8-6-4-3-5-7-9-11-21(45-32-30(39)28(34)29(38)19(2)44-32)15-25-27(31(40)41)22(36)17-33(42,47-25)16-20(35)14-24-23(46-24)12-13-26(37)43-18;1-3-2/h3-9,11-13,18-25,27-30,32,35-36,38-39,42H,10,14-17,34H2,1-2H3,(H,40,41);3H,1-2H3/b4-3+,7-5+,8-6+,11-9+,13-12+;/t18-,19-,20+,21+,22+,23-,24-,25+,27-,28+,29-,30+,32+,33-;/m1./s1. The molecule has 8 N–H and O–H groups in total. The number of cyclic esters (lactones) is 1. The molecule has 0 amide bonds. The molecule has 14 nitrogen and oxygen atoms in total. The van der Waals surface area contributed by atoms with Gasteiger partial charge in [-0.3, -0.25) is 4.79 Å². The Morgan fingerprint density at radius 2 is 1.60 bits per heavy atom. The maximum absolute atomic E-state index is 12.3. The van der Waals surface area contributed by atoms with Gasteiger partial charge in [-0.25, -0.2) is 4.79 Å². The molecule has 14 atom stereocenters. The number of aliphatic hydroxyl groups excluding tert-OH is 4. The summed E-state index contributed by atoms with van der Waals surface area (Å²) in [5, 5.41) is 63.9. The van der Waals surface area contributed by atoms with Gasteiger partial charge in [-0.1, -0.05) is 62.5 Å². The average Bonchev–Trinajstić information content (AvgIpc) is 3.76. The van der Waals surface area contributed by atoms with E-state index in [2.05, 4.69) is 0 Å². The number of rotatable bonds is 3. The van der Waals surface area contributed by atoms with Gasteiger partial charge in [-0.05, 0) is 26.3 Å². The van der Waals surface area contributed by atoms with Gasteiger partial charge in [-0.15, -0.1) is 0 Å². The van der Waals surface area contributed by atoms with E-state index in [0.29, 0.717) is 6.42 Å². The van der Waals surface area contributed by atoms with Gasteiger partial charge in [0, 0.05) is 38.2 Å². The first-order valence-electron chi connectivity index (χ1n) is 17.0. The second kappa shape index (κ2) is 19.7. The quantitative estimate of drug-likeness (QED) is 0.162. The summed E-state index contributed by atoms with van der Waals surface area (Å²) in [5.41, 5.74) is 5.98. The van der Waals surface area contributed by atoms with E-state index in [0.717, 1.165) is 0 Å². The summed E-state index contributed by atoms with van der Waals surface area (Å²) in [5.74, 6) is -5.45. The molecule has 3 saturated heterocycles. The second-order valence-corrected chi connectivity index (χ2v) is 13.2. The molecule has 4 heterocycles. The lowest BCUT2D eigenvalue weighted by atomic mass is 9.83. The van der Waals surface area contributed by atoms with Gasteiger partial charge >= 0.3 is 11.9 Å². The summed E-state index contributed by atoms with van der Waals surface area (Å²) < 4.78 is 28.5. The number of fused-ring (bicyclic) bond motifs is 3. The predicted molar refractivity (Wildman–Crippen MR) is 181 cm³/mol. The number of esters is 1. The minimum Gasteiger partial charge on any atom is -0.481 e. The molecule has 0 aromatic rings. The lowest BCUT2D eigenvalue weighted by molar-refractivity contribution is -0.308. The molecular formula is C36H54NO13. The van der Waals surface area contributed by atoms with E-state index in [1.54, 1.807) is 56.4 Å². The normalized spacial score (nSPS) is 44.8. The molecule has 4 aliphatic rings. The third-order valence-electron chi connectivity index (χ3n) is 8.58. The molecular weight excluding hydrogens is 654 g/mol. The summed E-state index contributed by atoms with van der Waals surface area (Å²) in [6.07, 6.45) is 7.25. The predicted octanol–water partition coefficient (Wildman–Crippen LogP) is 1.35. The fourth-order valence-corrected chi connectivity index (χ4v) is 6.00. The molecule has 0 aromatic heterocycles. The fourth-order valence-electron chi connectivity index (χ4n) is 6.00. The minimum absolute atomic E-state index is 0.0789. The van der Waals surface area contributed by atoms with E-state index in [9.17, 15) is 40.2 Å².